The largest absolute Gasteiger partial charge is 0.319 e. The molecule has 0 aromatic heterocycles. The zero-order valence-corrected chi connectivity index (χ0v) is 13.5. The lowest BCUT2D eigenvalue weighted by Crippen LogP contribution is -2.13. The minimum Gasteiger partial charge on any atom is -0.319 e. The van der Waals surface area contributed by atoms with Gasteiger partial charge in [0.1, 0.15) is 5.82 Å². The molecule has 0 atom stereocenters. The zero-order chi connectivity index (χ0) is 14.9. The third-order valence-corrected chi connectivity index (χ3v) is 4.16. The molecule has 2 aromatic carbocycles. The highest BCUT2D eigenvalue weighted by atomic mass is 79.9. The van der Waals surface area contributed by atoms with E-state index in [9.17, 15) is 13.6 Å². The molecule has 1 N–H and O–H groups in total. The van der Waals surface area contributed by atoms with Crippen molar-refractivity contribution in [3.05, 3.63) is 62.0 Å². The Balaban J connectivity index is 2.30. The Kier molecular flexibility index (Phi) is 4.55. The third-order valence-electron chi connectivity index (χ3n) is 2.68. The second-order valence-corrected chi connectivity index (χ2v) is 5.87. The van der Waals surface area contributed by atoms with Crippen LogP contribution >= 0.6 is 31.9 Å². The SMILES string of the molecule is Cc1ccc(C(=O)Nc2c(F)cc(F)cc2Br)cc1Br. The second kappa shape index (κ2) is 6.01. The molecule has 1 amide bonds. The van der Waals surface area contributed by atoms with E-state index in [1.807, 2.05) is 6.92 Å². The lowest BCUT2D eigenvalue weighted by Gasteiger charge is -2.09. The van der Waals surface area contributed by atoms with Gasteiger partial charge in [-0.05, 0) is 46.6 Å². The molecule has 104 valence electrons. The van der Waals surface area contributed by atoms with E-state index >= 15 is 0 Å². The van der Waals surface area contributed by atoms with Crippen LogP contribution in [0.4, 0.5) is 14.5 Å². The Labute approximate surface area is 131 Å². The number of benzene rings is 2. The van der Waals surface area contributed by atoms with Crippen molar-refractivity contribution in [3.8, 4) is 0 Å². The van der Waals surface area contributed by atoms with Gasteiger partial charge in [-0.25, -0.2) is 8.78 Å². The fourth-order valence-electron chi connectivity index (χ4n) is 1.58. The lowest BCUT2D eigenvalue weighted by atomic mass is 10.1. The molecule has 6 heteroatoms. The van der Waals surface area contributed by atoms with Crippen LogP contribution in [0.5, 0.6) is 0 Å². The van der Waals surface area contributed by atoms with Gasteiger partial charge >= 0.3 is 0 Å². The fourth-order valence-corrected chi connectivity index (χ4v) is 2.47. The number of amides is 1. The van der Waals surface area contributed by atoms with Gasteiger partial charge in [-0.15, -0.1) is 0 Å². The van der Waals surface area contributed by atoms with Crippen LogP contribution in [0.3, 0.4) is 0 Å². The number of nitrogens with one attached hydrogen (secondary N) is 1. The van der Waals surface area contributed by atoms with Crippen molar-refractivity contribution >= 4 is 43.5 Å². The van der Waals surface area contributed by atoms with Crippen molar-refractivity contribution in [2.75, 3.05) is 5.32 Å². The van der Waals surface area contributed by atoms with E-state index in [4.69, 9.17) is 0 Å². The number of aryl methyl sites for hydroxylation is 1. The molecule has 0 aliphatic rings. The average Bonchev–Trinajstić information content (AvgIpc) is 2.36. The van der Waals surface area contributed by atoms with Gasteiger partial charge in [0.15, 0.2) is 5.82 Å². The molecule has 0 unspecified atom stereocenters. The summed E-state index contributed by atoms with van der Waals surface area (Å²) in [5.41, 5.74) is 1.27. The van der Waals surface area contributed by atoms with Crippen LogP contribution in [0.15, 0.2) is 39.3 Å². The fraction of sp³-hybridized carbons (Fsp3) is 0.0714. The van der Waals surface area contributed by atoms with Crippen LogP contribution in [0.2, 0.25) is 0 Å². The van der Waals surface area contributed by atoms with Crippen LogP contribution in [-0.2, 0) is 0 Å². The van der Waals surface area contributed by atoms with E-state index in [1.54, 1.807) is 18.2 Å². The molecule has 0 fully saturated rings. The van der Waals surface area contributed by atoms with Crippen LogP contribution in [0.1, 0.15) is 15.9 Å². The predicted molar refractivity (Wildman–Crippen MR) is 80.9 cm³/mol. The normalized spacial score (nSPS) is 10.4. The molecular weight excluding hydrogens is 396 g/mol. The molecule has 2 rings (SSSR count). The molecule has 0 saturated heterocycles. The molecule has 0 saturated carbocycles. The summed E-state index contributed by atoms with van der Waals surface area (Å²) in [4.78, 5) is 12.1. The monoisotopic (exact) mass is 403 g/mol. The lowest BCUT2D eigenvalue weighted by molar-refractivity contribution is 0.102. The number of rotatable bonds is 2. The van der Waals surface area contributed by atoms with Crippen molar-refractivity contribution in [1.82, 2.24) is 0 Å². The summed E-state index contributed by atoms with van der Waals surface area (Å²) >= 11 is 6.35. The molecule has 20 heavy (non-hydrogen) atoms. The van der Waals surface area contributed by atoms with Crippen molar-refractivity contribution in [2.24, 2.45) is 0 Å². The standard InChI is InChI=1S/C14H9Br2F2NO/c1-7-2-3-8(4-10(7)15)14(20)19-13-11(16)5-9(17)6-12(13)18/h2-6H,1H3,(H,19,20). The highest BCUT2D eigenvalue weighted by Crippen LogP contribution is 2.27. The van der Waals surface area contributed by atoms with Gasteiger partial charge in [0.05, 0.1) is 5.69 Å². The minimum atomic E-state index is -0.837. The van der Waals surface area contributed by atoms with Gasteiger partial charge in [-0.2, -0.15) is 0 Å². The molecule has 0 bridgehead atoms. The first kappa shape index (κ1) is 15.1. The van der Waals surface area contributed by atoms with Gasteiger partial charge in [-0.1, -0.05) is 22.0 Å². The average molecular weight is 405 g/mol. The van der Waals surface area contributed by atoms with Gasteiger partial charge in [-0.3, -0.25) is 4.79 Å². The highest BCUT2D eigenvalue weighted by molar-refractivity contribution is 9.10. The molecule has 0 heterocycles. The smallest absolute Gasteiger partial charge is 0.255 e. The summed E-state index contributed by atoms with van der Waals surface area (Å²) in [6, 6.07) is 6.84. The van der Waals surface area contributed by atoms with E-state index in [1.165, 1.54) is 0 Å². The van der Waals surface area contributed by atoms with Gasteiger partial charge in [0, 0.05) is 20.6 Å². The van der Waals surface area contributed by atoms with E-state index in [-0.39, 0.29) is 10.2 Å². The minimum absolute atomic E-state index is 0.0897. The first-order chi connectivity index (χ1) is 9.38. The molecular formula is C14H9Br2F2NO. The molecule has 2 nitrogen and oxygen atoms in total. The van der Waals surface area contributed by atoms with Crippen molar-refractivity contribution in [1.29, 1.82) is 0 Å². The number of hydrogen-bond donors (Lipinski definition) is 1. The zero-order valence-electron chi connectivity index (χ0n) is 10.3. The summed E-state index contributed by atoms with van der Waals surface area (Å²) in [6.45, 7) is 1.89. The number of halogens is 4. The number of anilines is 1. The summed E-state index contributed by atoms with van der Waals surface area (Å²) in [5.74, 6) is -2.03. The molecule has 0 radical (unpaired) electrons. The van der Waals surface area contributed by atoms with Crippen molar-refractivity contribution in [3.63, 3.8) is 0 Å². The quantitative estimate of drug-likeness (QED) is 0.745. The first-order valence-electron chi connectivity index (χ1n) is 5.60. The summed E-state index contributed by atoms with van der Waals surface area (Å²) in [5, 5.41) is 2.42. The van der Waals surface area contributed by atoms with Crippen molar-refractivity contribution < 1.29 is 13.6 Å². The molecule has 2 aromatic rings. The Morgan fingerprint density at radius 3 is 2.40 bits per heavy atom. The second-order valence-electron chi connectivity index (χ2n) is 4.16. The highest BCUT2D eigenvalue weighted by Gasteiger charge is 2.14. The maximum atomic E-state index is 13.6. The number of carbonyl (C=O) groups excluding carboxylic acids is 1. The Morgan fingerprint density at radius 1 is 1.10 bits per heavy atom. The predicted octanol–water partition coefficient (Wildman–Crippen LogP) is 5.05. The number of hydrogen-bond acceptors (Lipinski definition) is 1. The van der Waals surface area contributed by atoms with Gasteiger partial charge < -0.3 is 5.32 Å². The third kappa shape index (κ3) is 3.24. The summed E-state index contributed by atoms with van der Waals surface area (Å²) in [6.07, 6.45) is 0. The van der Waals surface area contributed by atoms with Crippen LogP contribution in [-0.4, -0.2) is 5.91 Å². The summed E-state index contributed by atoms with van der Waals surface area (Å²) in [7, 11) is 0. The number of carbonyl (C=O) groups is 1. The van der Waals surface area contributed by atoms with Crippen LogP contribution < -0.4 is 5.32 Å². The Bertz CT molecular complexity index is 666. The van der Waals surface area contributed by atoms with E-state index in [0.29, 0.717) is 11.6 Å². The van der Waals surface area contributed by atoms with E-state index in [2.05, 4.69) is 37.2 Å². The Hall–Kier alpha value is -1.27. The molecule has 0 aliphatic heterocycles. The van der Waals surface area contributed by atoms with E-state index in [0.717, 1.165) is 16.1 Å². The van der Waals surface area contributed by atoms with Crippen molar-refractivity contribution in [2.45, 2.75) is 6.92 Å². The summed E-state index contributed by atoms with van der Waals surface area (Å²) < 4.78 is 27.5. The topological polar surface area (TPSA) is 29.1 Å². The first-order valence-corrected chi connectivity index (χ1v) is 7.19. The van der Waals surface area contributed by atoms with Gasteiger partial charge in [0.2, 0.25) is 0 Å². The van der Waals surface area contributed by atoms with Gasteiger partial charge in [0.25, 0.3) is 5.91 Å². The maximum Gasteiger partial charge on any atom is 0.255 e. The van der Waals surface area contributed by atoms with Crippen LogP contribution in [0.25, 0.3) is 0 Å². The maximum absolute atomic E-state index is 13.6. The Morgan fingerprint density at radius 2 is 1.80 bits per heavy atom. The molecule has 0 aliphatic carbocycles. The van der Waals surface area contributed by atoms with Crippen LogP contribution in [0, 0.1) is 18.6 Å². The van der Waals surface area contributed by atoms with E-state index < -0.39 is 17.5 Å². The molecule has 0 spiro atoms.